The van der Waals surface area contributed by atoms with Crippen molar-refractivity contribution >= 4 is 37.4 Å². The average Bonchev–Trinajstić information content (AvgIpc) is 2.54. The Morgan fingerprint density at radius 3 is 3.00 bits per heavy atom. The summed E-state index contributed by atoms with van der Waals surface area (Å²) in [7, 11) is 0. The molecule has 0 spiro atoms. The van der Waals surface area contributed by atoms with E-state index in [-0.39, 0.29) is 5.56 Å². The lowest BCUT2D eigenvalue weighted by Crippen LogP contribution is -2.22. The minimum absolute atomic E-state index is 0.0128. The van der Waals surface area contributed by atoms with Gasteiger partial charge in [0.1, 0.15) is 0 Å². The molecule has 0 saturated carbocycles. The average molecular weight is 273 g/mol. The number of aromatic nitrogens is 2. The molecule has 2 rings (SSSR count). The van der Waals surface area contributed by atoms with E-state index in [4.69, 9.17) is 0 Å². The zero-order valence-electron chi connectivity index (χ0n) is 7.87. The van der Waals surface area contributed by atoms with Crippen LogP contribution in [0.15, 0.2) is 14.6 Å². The number of halogens is 1. The highest BCUT2D eigenvalue weighted by molar-refractivity contribution is 9.10. The molecule has 0 aliphatic heterocycles. The first-order chi connectivity index (χ1) is 6.65. The molecule has 3 nitrogen and oxygen atoms in total. The third kappa shape index (κ3) is 1.31. The van der Waals surface area contributed by atoms with Gasteiger partial charge in [-0.15, -0.1) is 11.3 Å². The fraction of sp³-hybridized carbons (Fsp3) is 0.333. The number of fused-ring (bicyclic) bond motifs is 1. The molecule has 74 valence electrons. The first-order valence-electron chi connectivity index (χ1n) is 4.29. The van der Waals surface area contributed by atoms with Crippen molar-refractivity contribution < 1.29 is 0 Å². The predicted molar refractivity (Wildman–Crippen MR) is 62.0 cm³/mol. The van der Waals surface area contributed by atoms with E-state index in [2.05, 4.69) is 21.0 Å². The molecule has 2 aromatic rings. The molecule has 0 unspecified atom stereocenters. The maximum atomic E-state index is 11.9. The lowest BCUT2D eigenvalue weighted by molar-refractivity contribution is 0.615. The highest BCUT2D eigenvalue weighted by Gasteiger charge is 2.11. The minimum Gasteiger partial charge on any atom is -0.267 e. The summed E-state index contributed by atoms with van der Waals surface area (Å²) < 4.78 is 3.34. The van der Waals surface area contributed by atoms with Crippen LogP contribution in [0.3, 0.4) is 0 Å². The Balaban J connectivity index is 2.99. The summed E-state index contributed by atoms with van der Waals surface area (Å²) in [6.07, 6.45) is 0. The van der Waals surface area contributed by atoms with E-state index in [1.165, 1.54) is 4.68 Å². The summed E-state index contributed by atoms with van der Waals surface area (Å²) >= 11 is 4.94. The number of thiophene rings is 1. The molecule has 2 heterocycles. The van der Waals surface area contributed by atoms with Crippen LogP contribution in [0.25, 0.3) is 10.1 Å². The summed E-state index contributed by atoms with van der Waals surface area (Å²) in [5, 5.41) is 6.91. The maximum Gasteiger partial charge on any atom is 0.276 e. The molecule has 0 aromatic carbocycles. The van der Waals surface area contributed by atoms with E-state index >= 15 is 0 Å². The molecule has 0 atom stereocenters. The van der Waals surface area contributed by atoms with E-state index < -0.39 is 0 Å². The smallest absolute Gasteiger partial charge is 0.267 e. The molecule has 5 heteroatoms. The molecule has 0 aliphatic rings. The van der Waals surface area contributed by atoms with Crippen LogP contribution >= 0.6 is 27.3 Å². The molecule has 0 bridgehead atoms. The molecular weight excluding hydrogens is 264 g/mol. The minimum atomic E-state index is -0.0128. The summed E-state index contributed by atoms with van der Waals surface area (Å²) in [5.41, 5.74) is 0.901. The third-order valence-electron chi connectivity index (χ3n) is 2.09. The predicted octanol–water partition coefficient (Wildman–Crippen LogP) is 2.55. The van der Waals surface area contributed by atoms with E-state index in [1.54, 1.807) is 11.3 Å². The summed E-state index contributed by atoms with van der Waals surface area (Å²) in [4.78, 5) is 11.9. The van der Waals surface area contributed by atoms with Crippen LogP contribution in [0.5, 0.6) is 0 Å². The van der Waals surface area contributed by atoms with Crippen molar-refractivity contribution in [1.82, 2.24) is 9.78 Å². The second-order valence-electron chi connectivity index (χ2n) is 2.99. The Morgan fingerprint density at radius 2 is 2.36 bits per heavy atom. The monoisotopic (exact) mass is 272 g/mol. The Hall–Kier alpha value is -0.680. The van der Waals surface area contributed by atoms with Gasteiger partial charge < -0.3 is 0 Å². The van der Waals surface area contributed by atoms with E-state index in [0.717, 1.165) is 20.3 Å². The van der Waals surface area contributed by atoms with Gasteiger partial charge in [-0.2, -0.15) is 5.10 Å². The van der Waals surface area contributed by atoms with Crippen LogP contribution in [0, 0.1) is 6.92 Å². The van der Waals surface area contributed by atoms with Gasteiger partial charge in [0, 0.05) is 16.4 Å². The number of hydrogen-bond acceptors (Lipinski definition) is 3. The van der Waals surface area contributed by atoms with Gasteiger partial charge in [0.05, 0.1) is 15.8 Å². The highest BCUT2D eigenvalue weighted by Crippen LogP contribution is 2.28. The lowest BCUT2D eigenvalue weighted by atomic mass is 10.3. The van der Waals surface area contributed by atoms with Crippen molar-refractivity contribution in [2.75, 3.05) is 0 Å². The van der Waals surface area contributed by atoms with Gasteiger partial charge in [0.15, 0.2) is 0 Å². The Labute approximate surface area is 93.5 Å². The molecule has 14 heavy (non-hydrogen) atoms. The second kappa shape index (κ2) is 3.47. The van der Waals surface area contributed by atoms with Gasteiger partial charge >= 0.3 is 0 Å². The second-order valence-corrected chi connectivity index (χ2v) is 4.73. The van der Waals surface area contributed by atoms with Crippen molar-refractivity contribution in [2.24, 2.45) is 0 Å². The molecule has 0 radical (unpaired) electrons. The number of aryl methyl sites for hydroxylation is 2. The summed E-state index contributed by atoms with van der Waals surface area (Å²) in [6.45, 7) is 4.45. The molecule has 0 fully saturated rings. The van der Waals surface area contributed by atoms with E-state index in [0.29, 0.717) is 6.54 Å². The Bertz CT molecular complexity index is 543. The maximum absolute atomic E-state index is 11.9. The highest BCUT2D eigenvalue weighted by atomic mass is 79.9. The van der Waals surface area contributed by atoms with Gasteiger partial charge in [0.2, 0.25) is 0 Å². The third-order valence-corrected chi connectivity index (χ3v) is 4.11. The van der Waals surface area contributed by atoms with Gasteiger partial charge in [-0.05, 0) is 29.8 Å². The van der Waals surface area contributed by atoms with Gasteiger partial charge in [-0.25, -0.2) is 4.68 Å². The zero-order valence-corrected chi connectivity index (χ0v) is 10.3. The zero-order chi connectivity index (χ0) is 10.3. The summed E-state index contributed by atoms with van der Waals surface area (Å²) in [6, 6.07) is 0. The van der Waals surface area contributed by atoms with Crippen LogP contribution < -0.4 is 5.56 Å². The Kier molecular flexibility index (Phi) is 2.45. The SMILES string of the molecule is CCn1nc(C)c2scc(Br)c2c1=O. The van der Waals surface area contributed by atoms with Gasteiger partial charge in [-0.3, -0.25) is 4.79 Å². The normalized spacial score (nSPS) is 11.1. The topological polar surface area (TPSA) is 34.9 Å². The molecular formula is C9H9BrN2OS. The van der Waals surface area contributed by atoms with Gasteiger partial charge in [0.25, 0.3) is 5.56 Å². The number of hydrogen-bond donors (Lipinski definition) is 0. The standard InChI is InChI=1S/C9H9BrN2OS/c1-3-12-9(13)7-6(10)4-14-8(7)5(2)11-12/h4H,3H2,1-2H3. The molecule has 2 aromatic heterocycles. The van der Waals surface area contributed by atoms with Gasteiger partial charge in [-0.1, -0.05) is 0 Å². The number of rotatable bonds is 1. The first-order valence-corrected chi connectivity index (χ1v) is 5.96. The fourth-order valence-corrected chi connectivity index (χ4v) is 3.06. The molecule has 0 amide bonds. The van der Waals surface area contributed by atoms with Crippen molar-refractivity contribution in [3.05, 3.63) is 25.9 Å². The molecule has 0 N–H and O–H groups in total. The lowest BCUT2D eigenvalue weighted by Gasteiger charge is -2.02. The Morgan fingerprint density at radius 1 is 1.64 bits per heavy atom. The van der Waals surface area contributed by atoms with Crippen LogP contribution in [0.4, 0.5) is 0 Å². The van der Waals surface area contributed by atoms with Crippen molar-refractivity contribution in [2.45, 2.75) is 20.4 Å². The fourth-order valence-electron chi connectivity index (χ4n) is 1.42. The molecule has 0 aliphatic carbocycles. The van der Waals surface area contributed by atoms with Crippen LogP contribution in [-0.2, 0) is 6.54 Å². The number of nitrogens with zero attached hydrogens (tertiary/aromatic N) is 2. The van der Waals surface area contributed by atoms with Crippen LogP contribution in [0.1, 0.15) is 12.6 Å². The quantitative estimate of drug-likeness (QED) is 0.800. The van der Waals surface area contributed by atoms with Crippen molar-refractivity contribution in [3.63, 3.8) is 0 Å². The van der Waals surface area contributed by atoms with E-state index in [9.17, 15) is 4.79 Å². The van der Waals surface area contributed by atoms with Crippen molar-refractivity contribution in [1.29, 1.82) is 0 Å². The van der Waals surface area contributed by atoms with E-state index in [1.807, 2.05) is 19.2 Å². The summed E-state index contributed by atoms with van der Waals surface area (Å²) in [5.74, 6) is 0. The molecule has 0 saturated heterocycles. The largest absolute Gasteiger partial charge is 0.276 e. The first kappa shape index (κ1) is 9.86. The van der Waals surface area contributed by atoms with Crippen LogP contribution in [-0.4, -0.2) is 9.78 Å². The van der Waals surface area contributed by atoms with Crippen molar-refractivity contribution in [3.8, 4) is 0 Å². The van der Waals surface area contributed by atoms with Crippen LogP contribution in [0.2, 0.25) is 0 Å².